The maximum atomic E-state index is 12.3. The van der Waals surface area contributed by atoms with Crippen molar-refractivity contribution >= 4 is 43.7 Å². The van der Waals surface area contributed by atoms with E-state index >= 15 is 0 Å². The van der Waals surface area contributed by atoms with Crippen LogP contribution in [0.3, 0.4) is 0 Å². The third kappa shape index (κ3) is 2.65. The van der Waals surface area contributed by atoms with Crippen LogP contribution < -0.4 is 4.74 Å². The molecule has 3 rings (SSSR count). The minimum atomic E-state index is -0.388. The maximum Gasteiger partial charge on any atom is 0.339 e. The molecule has 6 heteroatoms. The molecular weight excluding hydrogens is 374 g/mol. The zero-order valence-corrected chi connectivity index (χ0v) is 15.3. The van der Waals surface area contributed by atoms with Gasteiger partial charge in [0.2, 0.25) is 0 Å². The molecule has 1 heterocycles. The first-order valence-electron chi connectivity index (χ1n) is 7.58. The third-order valence-corrected chi connectivity index (χ3v) is 4.69. The van der Waals surface area contributed by atoms with Gasteiger partial charge in [-0.05, 0) is 35.0 Å². The highest BCUT2D eigenvalue weighted by molar-refractivity contribution is 9.10. The molecule has 0 aliphatic carbocycles. The molecule has 0 spiro atoms. The van der Waals surface area contributed by atoms with Crippen LogP contribution in [0.1, 0.15) is 17.3 Å². The minimum absolute atomic E-state index is 0.0848. The molecular formula is C18H18BrNO4. The van der Waals surface area contributed by atoms with Gasteiger partial charge in [0.1, 0.15) is 0 Å². The van der Waals surface area contributed by atoms with Crippen LogP contribution in [0.15, 0.2) is 34.8 Å². The van der Waals surface area contributed by atoms with Gasteiger partial charge in [-0.1, -0.05) is 18.2 Å². The Labute approximate surface area is 148 Å². The van der Waals surface area contributed by atoms with E-state index in [1.165, 1.54) is 0 Å². The number of rotatable bonds is 5. The molecule has 0 saturated heterocycles. The summed E-state index contributed by atoms with van der Waals surface area (Å²) in [5.41, 5.74) is 2.39. The molecule has 126 valence electrons. The molecule has 1 aromatic heterocycles. The van der Waals surface area contributed by atoms with Crippen molar-refractivity contribution in [3.63, 3.8) is 0 Å². The van der Waals surface area contributed by atoms with Gasteiger partial charge in [0, 0.05) is 30.4 Å². The van der Waals surface area contributed by atoms with Gasteiger partial charge in [0.05, 0.1) is 22.2 Å². The lowest BCUT2D eigenvalue weighted by atomic mass is 10.1. The standard InChI is InChI=1S/C18H18BrNO4/c1-4-23-18(21)13-9-12-11-7-5-6-8-14(11)20(2)16(12)17(15(13)19)24-10-22-3/h5-9H,4,10H2,1-3H3. The first-order valence-corrected chi connectivity index (χ1v) is 8.37. The fourth-order valence-electron chi connectivity index (χ4n) is 2.88. The van der Waals surface area contributed by atoms with Gasteiger partial charge in [-0.25, -0.2) is 4.79 Å². The fourth-order valence-corrected chi connectivity index (χ4v) is 3.46. The van der Waals surface area contributed by atoms with Crippen LogP contribution in [0.4, 0.5) is 0 Å². The number of halogens is 1. The number of carbonyl (C=O) groups is 1. The first-order chi connectivity index (χ1) is 11.6. The van der Waals surface area contributed by atoms with E-state index in [4.69, 9.17) is 14.2 Å². The molecule has 5 nitrogen and oxygen atoms in total. The summed E-state index contributed by atoms with van der Waals surface area (Å²) in [5.74, 6) is 0.178. The van der Waals surface area contributed by atoms with Gasteiger partial charge in [-0.2, -0.15) is 0 Å². The minimum Gasteiger partial charge on any atom is -0.464 e. The number of aromatic nitrogens is 1. The molecule has 0 saturated carbocycles. The summed E-state index contributed by atoms with van der Waals surface area (Å²) in [6.45, 7) is 2.18. The second-order valence-electron chi connectivity index (χ2n) is 5.31. The maximum absolute atomic E-state index is 12.3. The van der Waals surface area contributed by atoms with E-state index in [9.17, 15) is 4.79 Å². The Balaban J connectivity index is 2.37. The number of methoxy groups -OCH3 is 1. The molecule has 0 amide bonds. The van der Waals surface area contributed by atoms with Crippen molar-refractivity contribution in [2.45, 2.75) is 6.92 Å². The largest absolute Gasteiger partial charge is 0.464 e. The molecule has 0 bridgehead atoms. The van der Waals surface area contributed by atoms with E-state index < -0.39 is 0 Å². The predicted molar refractivity (Wildman–Crippen MR) is 96.6 cm³/mol. The molecule has 0 fully saturated rings. The summed E-state index contributed by atoms with van der Waals surface area (Å²) in [4.78, 5) is 12.3. The topological polar surface area (TPSA) is 49.7 Å². The van der Waals surface area contributed by atoms with Crippen molar-refractivity contribution in [2.24, 2.45) is 7.05 Å². The van der Waals surface area contributed by atoms with Gasteiger partial charge >= 0.3 is 5.97 Å². The van der Waals surface area contributed by atoms with Crippen molar-refractivity contribution in [3.8, 4) is 5.75 Å². The predicted octanol–water partition coefficient (Wildman–Crippen LogP) is 4.25. The zero-order chi connectivity index (χ0) is 17.3. The van der Waals surface area contributed by atoms with Gasteiger partial charge in [0.25, 0.3) is 0 Å². The number of nitrogens with zero attached hydrogens (tertiary/aromatic N) is 1. The van der Waals surface area contributed by atoms with Crippen molar-refractivity contribution < 1.29 is 19.0 Å². The number of para-hydroxylation sites is 1. The number of esters is 1. The van der Waals surface area contributed by atoms with Crippen molar-refractivity contribution in [1.29, 1.82) is 0 Å². The number of benzene rings is 2. The van der Waals surface area contributed by atoms with E-state index in [1.807, 2.05) is 37.4 Å². The van der Waals surface area contributed by atoms with Crippen LogP contribution in [-0.2, 0) is 16.5 Å². The molecule has 0 aliphatic rings. The summed E-state index contributed by atoms with van der Waals surface area (Å²) >= 11 is 3.50. The van der Waals surface area contributed by atoms with E-state index in [0.29, 0.717) is 22.4 Å². The summed E-state index contributed by atoms with van der Waals surface area (Å²) in [7, 11) is 3.53. The zero-order valence-electron chi connectivity index (χ0n) is 13.8. The normalized spacial score (nSPS) is 11.2. The Hall–Kier alpha value is -2.05. The highest BCUT2D eigenvalue weighted by atomic mass is 79.9. The Bertz CT molecular complexity index is 916. The second-order valence-corrected chi connectivity index (χ2v) is 6.10. The lowest BCUT2D eigenvalue weighted by Gasteiger charge is -2.13. The molecule has 24 heavy (non-hydrogen) atoms. The Morgan fingerprint density at radius 1 is 1.25 bits per heavy atom. The van der Waals surface area contributed by atoms with Gasteiger partial charge in [-0.15, -0.1) is 0 Å². The van der Waals surface area contributed by atoms with Crippen LogP contribution in [0, 0.1) is 0 Å². The van der Waals surface area contributed by atoms with Crippen molar-refractivity contribution in [2.75, 3.05) is 20.5 Å². The number of carbonyl (C=O) groups excluding carboxylic acids is 1. The van der Waals surface area contributed by atoms with Crippen molar-refractivity contribution in [3.05, 3.63) is 40.4 Å². The van der Waals surface area contributed by atoms with E-state index in [1.54, 1.807) is 14.0 Å². The average Bonchev–Trinajstić information content (AvgIpc) is 2.87. The molecule has 0 N–H and O–H groups in total. The van der Waals surface area contributed by atoms with Crippen molar-refractivity contribution in [1.82, 2.24) is 4.57 Å². The third-order valence-electron chi connectivity index (χ3n) is 3.90. The first kappa shape index (κ1) is 16.8. The summed E-state index contributed by atoms with van der Waals surface area (Å²) in [6.07, 6.45) is 0. The number of fused-ring (bicyclic) bond motifs is 3. The number of hydrogen-bond donors (Lipinski definition) is 0. The highest BCUT2D eigenvalue weighted by Crippen LogP contribution is 2.41. The molecule has 0 aliphatic heterocycles. The lowest BCUT2D eigenvalue weighted by molar-refractivity contribution is 0.0490. The van der Waals surface area contributed by atoms with E-state index in [0.717, 1.165) is 21.8 Å². The Kier molecular flexibility index (Phi) is 4.78. The molecule has 0 atom stereocenters. The number of hydrogen-bond acceptors (Lipinski definition) is 4. The van der Waals surface area contributed by atoms with Crippen LogP contribution in [0.25, 0.3) is 21.8 Å². The average molecular weight is 392 g/mol. The van der Waals surface area contributed by atoms with Gasteiger partial charge in [-0.3, -0.25) is 0 Å². The SMILES string of the molecule is CCOC(=O)c1cc2c3ccccc3n(C)c2c(OCOC)c1Br. The summed E-state index contributed by atoms with van der Waals surface area (Å²) in [5, 5.41) is 1.99. The Morgan fingerprint density at radius 2 is 2.00 bits per heavy atom. The molecule has 0 unspecified atom stereocenters. The molecule has 2 aromatic carbocycles. The number of ether oxygens (including phenoxy) is 3. The monoisotopic (exact) mass is 391 g/mol. The molecule has 3 aromatic rings. The van der Waals surface area contributed by atoms with E-state index in [-0.39, 0.29) is 12.8 Å². The fraction of sp³-hybridized carbons (Fsp3) is 0.278. The summed E-state index contributed by atoms with van der Waals surface area (Å²) in [6, 6.07) is 9.87. The van der Waals surface area contributed by atoms with Crippen LogP contribution in [0.5, 0.6) is 5.75 Å². The lowest BCUT2D eigenvalue weighted by Crippen LogP contribution is -2.08. The van der Waals surface area contributed by atoms with Gasteiger partial charge in [0.15, 0.2) is 12.5 Å². The number of aryl methyl sites for hydroxylation is 1. The van der Waals surface area contributed by atoms with Crippen LogP contribution in [0.2, 0.25) is 0 Å². The smallest absolute Gasteiger partial charge is 0.339 e. The second kappa shape index (κ2) is 6.83. The van der Waals surface area contributed by atoms with E-state index in [2.05, 4.69) is 20.5 Å². The highest BCUT2D eigenvalue weighted by Gasteiger charge is 2.23. The Morgan fingerprint density at radius 3 is 2.71 bits per heavy atom. The quantitative estimate of drug-likeness (QED) is 0.481. The summed E-state index contributed by atoms with van der Waals surface area (Å²) < 4.78 is 18.6. The van der Waals surface area contributed by atoms with Crippen LogP contribution in [-0.4, -0.2) is 31.0 Å². The van der Waals surface area contributed by atoms with Crippen LogP contribution >= 0.6 is 15.9 Å². The molecule has 0 radical (unpaired) electrons. The van der Waals surface area contributed by atoms with Gasteiger partial charge < -0.3 is 18.8 Å².